The van der Waals surface area contributed by atoms with Crippen molar-refractivity contribution in [1.82, 2.24) is 0 Å². The summed E-state index contributed by atoms with van der Waals surface area (Å²) in [5.74, 6) is 4.57. The van der Waals surface area contributed by atoms with Crippen LogP contribution in [0, 0.1) is 35.5 Å². The van der Waals surface area contributed by atoms with Crippen LogP contribution in [-0.2, 0) is 9.53 Å². The van der Waals surface area contributed by atoms with Gasteiger partial charge in [-0.2, -0.15) is 0 Å². The minimum atomic E-state index is -0.172. The van der Waals surface area contributed by atoms with Gasteiger partial charge in [0.15, 0.2) is 0 Å². The molecule has 0 amide bonds. The van der Waals surface area contributed by atoms with E-state index in [1.54, 1.807) is 0 Å². The van der Waals surface area contributed by atoms with Gasteiger partial charge in [0.05, 0.1) is 5.92 Å². The number of rotatable bonds is 5. The van der Waals surface area contributed by atoms with Crippen LogP contribution in [0.25, 0.3) is 0 Å². The van der Waals surface area contributed by atoms with Crippen LogP contribution in [-0.4, -0.2) is 11.6 Å². The van der Waals surface area contributed by atoms with Gasteiger partial charge in [-0.05, 0) is 87.4 Å². The molecule has 0 radical (unpaired) electrons. The molecular weight excluding hydrogens is 296 g/mol. The number of fused-ring (bicyclic) bond motifs is 5. The van der Waals surface area contributed by atoms with E-state index in [-0.39, 0.29) is 17.5 Å². The Kier molecular flexibility index (Phi) is 4.69. The zero-order valence-electron chi connectivity index (χ0n) is 15.8. The number of carbonyl (C=O) groups excluding carboxylic acids is 1. The fraction of sp³-hybridized carbons (Fsp3) is 0.955. The van der Waals surface area contributed by atoms with Crippen LogP contribution in [0.15, 0.2) is 0 Å². The molecule has 4 unspecified atom stereocenters. The molecule has 4 fully saturated rings. The van der Waals surface area contributed by atoms with Gasteiger partial charge in [-0.3, -0.25) is 4.79 Å². The summed E-state index contributed by atoms with van der Waals surface area (Å²) < 4.78 is 6.38. The highest BCUT2D eigenvalue weighted by Crippen LogP contribution is 2.60. The molecule has 24 heavy (non-hydrogen) atoms. The summed E-state index contributed by atoms with van der Waals surface area (Å²) in [6.07, 6.45) is 15.1. The lowest BCUT2D eigenvalue weighted by atomic mass is 9.74. The smallest absolute Gasteiger partial charge is 0.309 e. The number of esters is 1. The lowest BCUT2D eigenvalue weighted by molar-refractivity contribution is -0.174. The van der Waals surface area contributed by atoms with Crippen molar-refractivity contribution >= 4 is 5.97 Å². The molecule has 0 aromatic rings. The second-order valence-corrected chi connectivity index (χ2v) is 9.36. The van der Waals surface area contributed by atoms with E-state index in [0.29, 0.717) is 5.92 Å². The van der Waals surface area contributed by atoms with E-state index in [1.807, 2.05) is 0 Å². The Balaban J connectivity index is 1.42. The lowest BCUT2D eigenvalue weighted by Crippen LogP contribution is -2.43. The second kappa shape index (κ2) is 6.65. The van der Waals surface area contributed by atoms with Gasteiger partial charge in [-0.25, -0.2) is 0 Å². The van der Waals surface area contributed by atoms with E-state index in [0.717, 1.165) is 49.4 Å². The maximum atomic E-state index is 13.1. The first-order valence-electron chi connectivity index (χ1n) is 10.9. The molecule has 0 aromatic carbocycles. The van der Waals surface area contributed by atoms with Crippen LogP contribution in [0.3, 0.4) is 0 Å². The molecular formula is C22H36O2. The fourth-order valence-electron chi connectivity index (χ4n) is 7.18. The van der Waals surface area contributed by atoms with E-state index in [4.69, 9.17) is 4.74 Å². The topological polar surface area (TPSA) is 26.3 Å². The summed E-state index contributed by atoms with van der Waals surface area (Å²) in [5.41, 5.74) is -0.172. The molecule has 4 atom stereocenters. The van der Waals surface area contributed by atoms with Crippen molar-refractivity contribution in [1.29, 1.82) is 0 Å². The maximum absolute atomic E-state index is 13.1. The van der Waals surface area contributed by atoms with Crippen molar-refractivity contribution < 1.29 is 9.53 Å². The Hall–Kier alpha value is -0.530. The average molecular weight is 333 g/mol. The number of hydrogen-bond acceptors (Lipinski definition) is 2. The van der Waals surface area contributed by atoms with Gasteiger partial charge in [0, 0.05) is 0 Å². The summed E-state index contributed by atoms with van der Waals surface area (Å²) in [4.78, 5) is 13.1. The first kappa shape index (κ1) is 16.9. The van der Waals surface area contributed by atoms with Gasteiger partial charge in [-0.1, -0.05) is 33.1 Å². The van der Waals surface area contributed by atoms with Crippen molar-refractivity contribution in [3.05, 3.63) is 0 Å². The number of ether oxygens (including phenoxy) is 1. The van der Waals surface area contributed by atoms with Gasteiger partial charge >= 0.3 is 5.97 Å². The van der Waals surface area contributed by atoms with E-state index in [2.05, 4.69) is 13.8 Å². The molecule has 136 valence electrons. The van der Waals surface area contributed by atoms with Crippen LogP contribution in [0.4, 0.5) is 0 Å². The fourth-order valence-corrected chi connectivity index (χ4v) is 7.18. The molecule has 2 heteroatoms. The molecule has 0 aromatic heterocycles. The van der Waals surface area contributed by atoms with Crippen molar-refractivity contribution in [2.24, 2.45) is 35.5 Å². The molecule has 0 spiro atoms. The molecule has 2 nitrogen and oxygen atoms in total. The van der Waals surface area contributed by atoms with E-state index in [1.165, 1.54) is 51.4 Å². The third kappa shape index (κ3) is 2.72. The quantitative estimate of drug-likeness (QED) is 0.600. The molecule has 0 aliphatic heterocycles. The van der Waals surface area contributed by atoms with Crippen LogP contribution >= 0.6 is 0 Å². The summed E-state index contributed by atoms with van der Waals surface area (Å²) >= 11 is 0. The SMILES string of the molecule is CCC(CC)(OC(=O)C1CC2C3CCC(C3)C2C1)C1CCCCC1. The first-order valence-corrected chi connectivity index (χ1v) is 10.9. The van der Waals surface area contributed by atoms with E-state index in [9.17, 15) is 4.79 Å². The molecule has 4 rings (SSSR count). The van der Waals surface area contributed by atoms with Gasteiger partial charge < -0.3 is 4.74 Å². The largest absolute Gasteiger partial charge is 0.459 e. The summed E-state index contributed by atoms with van der Waals surface area (Å²) in [7, 11) is 0. The highest BCUT2D eigenvalue weighted by Gasteiger charge is 2.54. The Labute approximate surface area is 148 Å². The molecule has 0 saturated heterocycles. The summed E-state index contributed by atoms with van der Waals surface area (Å²) in [5, 5.41) is 0. The first-order chi connectivity index (χ1) is 11.7. The van der Waals surface area contributed by atoms with Crippen molar-refractivity contribution in [3.8, 4) is 0 Å². The monoisotopic (exact) mass is 332 g/mol. The summed E-state index contributed by atoms with van der Waals surface area (Å²) in [6.45, 7) is 4.46. The molecule has 0 heterocycles. The van der Waals surface area contributed by atoms with Crippen molar-refractivity contribution in [3.63, 3.8) is 0 Å². The minimum Gasteiger partial charge on any atom is -0.459 e. The molecule has 4 aliphatic rings. The van der Waals surface area contributed by atoms with Crippen molar-refractivity contribution in [2.75, 3.05) is 0 Å². The van der Waals surface area contributed by atoms with Gasteiger partial charge in [0.2, 0.25) is 0 Å². The Morgan fingerprint density at radius 3 is 2.00 bits per heavy atom. The molecule has 0 N–H and O–H groups in total. The normalized spacial score (nSPS) is 39.2. The average Bonchev–Trinajstić information content (AvgIpc) is 3.33. The van der Waals surface area contributed by atoms with Crippen LogP contribution in [0.1, 0.15) is 90.9 Å². The minimum absolute atomic E-state index is 0.165. The molecule has 2 bridgehead atoms. The highest BCUT2D eigenvalue weighted by molar-refractivity contribution is 5.73. The van der Waals surface area contributed by atoms with Crippen LogP contribution in [0.5, 0.6) is 0 Å². The predicted octanol–water partition coefficient (Wildman–Crippen LogP) is 5.74. The molecule has 4 saturated carbocycles. The molecule has 4 aliphatic carbocycles. The maximum Gasteiger partial charge on any atom is 0.309 e. The number of carbonyl (C=O) groups is 1. The zero-order valence-corrected chi connectivity index (χ0v) is 15.8. The third-order valence-electron chi connectivity index (χ3n) is 8.57. The predicted molar refractivity (Wildman–Crippen MR) is 96.5 cm³/mol. The van der Waals surface area contributed by atoms with Gasteiger partial charge in [-0.15, -0.1) is 0 Å². The van der Waals surface area contributed by atoms with E-state index >= 15 is 0 Å². The Morgan fingerprint density at radius 2 is 1.46 bits per heavy atom. The summed E-state index contributed by atoms with van der Waals surface area (Å²) in [6, 6.07) is 0. The van der Waals surface area contributed by atoms with Gasteiger partial charge in [0.25, 0.3) is 0 Å². The van der Waals surface area contributed by atoms with Crippen molar-refractivity contribution in [2.45, 2.75) is 96.5 Å². The highest BCUT2D eigenvalue weighted by atomic mass is 16.6. The van der Waals surface area contributed by atoms with Crippen LogP contribution in [0.2, 0.25) is 0 Å². The zero-order chi connectivity index (χ0) is 16.7. The van der Waals surface area contributed by atoms with Crippen LogP contribution < -0.4 is 0 Å². The third-order valence-corrected chi connectivity index (χ3v) is 8.57. The Bertz CT molecular complexity index is 443. The second-order valence-electron chi connectivity index (χ2n) is 9.36. The van der Waals surface area contributed by atoms with Gasteiger partial charge in [0.1, 0.15) is 5.60 Å². The number of hydrogen-bond donors (Lipinski definition) is 0. The van der Waals surface area contributed by atoms with E-state index < -0.39 is 0 Å². The Morgan fingerprint density at radius 1 is 0.875 bits per heavy atom. The standard InChI is InChI=1S/C22H36O2/c1-3-22(4-2,18-8-6-5-7-9-18)24-21(23)17-13-19-15-10-11-16(12-15)20(19)14-17/h15-20H,3-14H2,1-2H3. The lowest BCUT2D eigenvalue weighted by Gasteiger charge is -2.41.